The van der Waals surface area contributed by atoms with Gasteiger partial charge >= 0.3 is 6.09 Å². The molecule has 1 amide bonds. The minimum Gasteiger partial charge on any atom is -0.444 e. The first-order chi connectivity index (χ1) is 18.6. The fourth-order valence-electron chi connectivity index (χ4n) is 4.83. The third-order valence-corrected chi connectivity index (χ3v) is 6.65. The third kappa shape index (κ3) is 5.62. The number of piperidine rings is 1. The van der Waals surface area contributed by atoms with E-state index in [9.17, 15) is 13.6 Å². The molecule has 9 nitrogen and oxygen atoms in total. The molecule has 1 aliphatic rings. The summed E-state index contributed by atoms with van der Waals surface area (Å²) < 4.78 is 35.8. The number of nitrogens with zero attached hydrogens (tertiary/aromatic N) is 5. The number of alkyl carbamates (subject to hydrolysis) is 1. The summed E-state index contributed by atoms with van der Waals surface area (Å²) in [6.07, 6.45) is 6.28. The first-order valence-corrected chi connectivity index (χ1v) is 12.9. The van der Waals surface area contributed by atoms with Crippen molar-refractivity contribution in [2.75, 3.05) is 16.8 Å². The summed E-state index contributed by atoms with van der Waals surface area (Å²) in [7, 11) is 0. The number of benzene rings is 1. The first kappa shape index (κ1) is 26.3. The first-order valence-electron chi connectivity index (χ1n) is 12.9. The second-order valence-electron chi connectivity index (χ2n) is 10.6. The summed E-state index contributed by atoms with van der Waals surface area (Å²) in [5, 5.41) is 10.8. The van der Waals surface area contributed by atoms with Crippen LogP contribution in [0.5, 0.6) is 0 Å². The van der Waals surface area contributed by atoms with E-state index in [0.717, 1.165) is 25.1 Å². The summed E-state index contributed by atoms with van der Waals surface area (Å²) in [6.45, 7) is 8.35. The van der Waals surface area contributed by atoms with Crippen molar-refractivity contribution in [3.8, 4) is 11.3 Å². The molecule has 204 valence electrons. The SMILES string of the molecule is CC1C(NC(=O)OC(C)(C)C)CCCN1c1ccncc1Nc1ncc2ccc(-c3c(F)cccc3F)nn12. The summed E-state index contributed by atoms with van der Waals surface area (Å²) >= 11 is 0. The lowest BCUT2D eigenvalue weighted by Crippen LogP contribution is -2.55. The highest BCUT2D eigenvalue weighted by Crippen LogP contribution is 2.33. The number of imidazole rings is 1. The summed E-state index contributed by atoms with van der Waals surface area (Å²) in [4.78, 5) is 23.4. The van der Waals surface area contributed by atoms with Gasteiger partial charge in [0.15, 0.2) is 0 Å². The van der Waals surface area contributed by atoms with Crippen LogP contribution in [0.1, 0.15) is 40.5 Å². The van der Waals surface area contributed by atoms with Crippen LogP contribution in [0.3, 0.4) is 0 Å². The third-order valence-electron chi connectivity index (χ3n) is 6.65. The number of ether oxygens (including phenoxy) is 1. The molecule has 1 aromatic carbocycles. The van der Waals surface area contributed by atoms with E-state index in [1.165, 1.54) is 22.7 Å². The van der Waals surface area contributed by atoms with Crippen molar-refractivity contribution in [2.45, 2.75) is 58.2 Å². The van der Waals surface area contributed by atoms with Gasteiger partial charge in [-0.1, -0.05) is 6.07 Å². The zero-order valence-corrected chi connectivity index (χ0v) is 22.3. The molecule has 1 saturated heterocycles. The van der Waals surface area contributed by atoms with Crippen molar-refractivity contribution >= 4 is 28.9 Å². The van der Waals surface area contributed by atoms with Crippen LogP contribution >= 0.6 is 0 Å². The van der Waals surface area contributed by atoms with Crippen molar-refractivity contribution in [3.05, 3.63) is 66.6 Å². The molecule has 0 saturated carbocycles. The number of rotatable bonds is 5. The van der Waals surface area contributed by atoms with Gasteiger partial charge in [0.1, 0.15) is 17.2 Å². The molecule has 0 aliphatic carbocycles. The molecule has 1 aliphatic heterocycles. The lowest BCUT2D eigenvalue weighted by atomic mass is 9.96. The number of aromatic nitrogens is 4. The van der Waals surface area contributed by atoms with Gasteiger partial charge in [-0.25, -0.2) is 18.6 Å². The number of halogens is 2. The molecule has 11 heteroatoms. The summed E-state index contributed by atoms with van der Waals surface area (Å²) in [5.74, 6) is -1.02. The second kappa shape index (κ2) is 10.5. The summed E-state index contributed by atoms with van der Waals surface area (Å²) in [5.41, 5.74) is 1.57. The summed E-state index contributed by atoms with van der Waals surface area (Å²) in [6, 6.07) is 8.74. The van der Waals surface area contributed by atoms with Crippen LogP contribution in [0.2, 0.25) is 0 Å². The standard InChI is InChI=1S/C28H31F2N7O2/c1-17-21(34-27(38)39-28(2,3)4)9-6-14-36(17)24-12-13-31-16-23(24)33-26-32-15-18-10-11-22(35-37(18)26)25-19(29)7-5-8-20(25)30/h5,7-8,10-13,15-17,21H,6,9,14H2,1-4H3,(H,32,33)(H,34,38). The van der Waals surface area contributed by atoms with Crippen LogP contribution in [0, 0.1) is 11.6 Å². The number of anilines is 3. The number of fused-ring (bicyclic) bond motifs is 1. The molecule has 0 bridgehead atoms. The normalized spacial score (nSPS) is 17.7. The molecule has 1 fully saturated rings. The fraction of sp³-hybridized carbons (Fsp3) is 0.357. The topological polar surface area (TPSA) is 96.7 Å². The van der Waals surface area contributed by atoms with Crippen LogP contribution in [-0.4, -0.2) is 49.9 Å². The zero-order valence-electron chi connectivity index (χ0n) is 22.3. The number of nitrogens with one attached hydrogen (secondary N) is 2. The van der Waals surface area contributed by atoms with E-state index in [1.807, 2.05) is 26.8 Å². The van der Waals surface area contributed by atoms with Crippen molar-refractivity contribution in [3.63, 3.8) is 0 Å². The van der Waals surface area contributed by atoms with Gasteiger partial charge in [-0.2, -0.15) is 9.61 Å². The van der Waals surface area contributed by atoms with E-state index in [-0.39, 0.29) is 23.3 Å². The molecule has 5 rings (SSSR count). The Hall–Kier alpha value is -4.28. The highest BCUT2D eigenvalue weighted by molar-refractivity contribution is 5.75. The predicted molar refractivity (Wildman–Crippen MR) is 145 cm³/mol. The second-order valence-corrected chi connectivity index (χ2v) is 10.6. The van der Waals surface area contributed by atoms with Crippen molar-refractivity contribution < 1.29 is 18.3 Å². The lowest BCUT2D eigenvalue weighted by Gasteiger charge is -2.41. The zero-order chi connectivity index (χ0) is 27.7. The van der Waals surface area contributed by atoms with Crippen LogP contribution in [0.15, 0.2) is 55.0 Å². The Morgan fingerprint density at radius 3 is 2.62 bits per heavy atom. The van der Waals surface area contributed by atoms with Crippen molar-refractivity contribution in [1.29, 1.82) is 0 Å². The minimum absolute atomic E-state index is 0.0278. The molecular weight excluding hydrogens is 504 g/mol. The molecule has 0 radical (unpaired) electrons. The van der Waals surface area contributed by atoms with E-state index < -0.39 is 23.3 Å². The smallest absolute Gasteiger partial charge is 0.407 e. The average molecular weight is 536 g/mol. The van der Waals surface area contributed by atoms with E-state index in [1.54, 1.807) is 30.7 Å². The Balaban J connectivity index is 1.42. The lowest BCUT2D eigenvalue weighted by molar-refractivity contribution is 0.0489. The van der Waals surface area contributed by atoms with Gasteiger partial charge in [-0.3, -0.25) is 4.98 Å². The van der Waals surface area contributed by atoms with Gasteiger partial charge in [0.2, 0.25) is 5.95 Å². The van der Waals surface area contributed by atoms with E-state index in [4.69, 9.17) is 4.74 Å². The number of carbonyl (C=O) groups is 1. The number of hydrogen-bond donors (Lipinski definition) is 2. The molecule has 2 unspecified atom stereocenters. The minimum atomic E-state index is -0.695. The molecular formula is C28H31F2N7O2. The molecule has 4 heterocycles. The Kier molecular flexibility index (Phi) is 7.07. The van der Waals surface area contributed by atoms with Gasteiger partial charge in [-0.05, 0) is 70.9 Å². The predicted octanol–water partition coefficient (Wildman–Crippen LogP) is 5.70. The van der Waals surface area contributed by atoms with Crippen LogP contribution in [0.25, 0.3) is 16.8 Å². The van der Waals surface area contributed by atoms with Crippen molar-refractivity contribution in [2.24, 2.45) is 0 Å². The Morgan fingerprint density at radius 2 is 1.87 bits per heavy atom. The highest BCUT2D eigenvalue weighted by Gasteiger charge is 2.32. The maximum Gasteiger partial charge on any atom is 0.407 e. The monoisotopic (exact) mass is 535 g/mol. The molecule has 3 aromatic heterocycles. The number of carbonyl (C=O) groups excluding carboxylic acids is 1. The average Bonchev–Trinajstić information content (AvgIpc) is 3.27. The van der Waals surface area contributed by atoms with Gasteiger partial charge in [0, 0.05) is 18.8 Å². The highest BCUT2D eigenvalue weighted by atomic mass is 19.1. The van der Waals surface area contributed by atoms with Gasteiger partial charge < -0.3 is 20.3 Å². The van der Waals surface area contributed by atoms with E-state index in [0.29, 0.717) is 17.2 Å². The van der Waals surface area contributed by atoms with Gasteiger partial charge in [0.25, 0.3) is 0 Å². The number of pyridine rings is 1. The Bertz CT molecular complexity index is 1480. The fourth-order valence-corrected chi connectivity index (χ4v) is 4.83. The largest absolute Gasteiger partial charge is 0.444 e. The van der Waals surface area contributed by atoms with Gasteiger partial charge in [0.05, 0.1) is 46.6 Å². The van der Waals surface area contributed by atoms with Crippen LogP contribution in [-0.2, 0) is 4.74 Å². The van der Waals surface area contributed by atoms with Gasteiger partial charge in [-0.15, -0.1) is 0 Å². The van der Waals surface area contributed by atoms with E-state index >= 15 is 0 Å². The maximum atomic E-state index is 14.4. The molecule has 2 atom stereocenters. The molecule has 2 N–H and O–H groups in total. The van der Waals surface area contributed by atoms with Crippen molar-refractivity contribution in [1.82, 2.24) is 24.9 Å². The number of amides is 1. The Labute approximate surface area is 225 Å². The molecule has 39 heavy (non-hydrogen) atoms. The van der Waals surface area contributed by atoms with Crippen LogP contribution in [0.4, 0.5) is 30.9 Å². The molecule has 4 aromatic rings. The van der Waals surface area contributed by atoms with E-state index in [2.05, 4.69) is 37.5 Å². The Morgan fingerprint density at radius 1 is 1.10 bits per heavy atom. The molecule has 0 spiro atoms. The number of hydrogen-bond acceptors (Lipinski definition) is 7. The maximum absolute atomic E-state index is 14.4. The van der Waals surface area contributed by atoms with Crippen LogP contribution < -0.4 is 15.5 Å². The quantitative estimate of drug-likeness (QED) is 0.339.